The van der Waals surface area contributed by atoms with E-state index >= 15 is 0 Å². The first kappa shape index (κ1) is 17.9. The maximum absolute atomic E-state index is 12.1. The lowest BCUT2D eigenvalue weighted by Crippen LogP contribution is -2.32. The van der Waals surface area contributed by atoms with E-state index in [9.17, 15) is 14.7 Å². The molecule has 0 rings (SSSR count). The van der Waals surface area contributed by atoms with Crippen LogP contribution in [0.15, 0.2) is 0 Å². The Labute approximate surface area is 116 Å². The summed E-state index contributed by atoms with van der Waals surface area (Å²) < 4.78 is 5.22. The molecule has 0 amide bonds. The molecule has 0 fully saturated rings. The molecule has 4 heteroatoms. The average Bonchev–Trinajstić information content (AvgIpc) is 2.31. The van der Waals surface area contributed by atoms with Gasteiger partial charge in [-0.2, -0.15) is 0 Å². The van der Waals surface area contributed by atoms with Gasteiger partial charge in [0.05, 0.1) is 17.9 Å². The summed E-state index contributed by atoms with van der Waals surface area (Å²) >= 11 is 0. The topological polar surface area (TPSA) is 63.6 Å². The molecule has 0 saturated carbocycles. The first-order valence-corrected chi connectivity index (χ1v) is 7.37. The highest BCUT2D eigenvalue weighted by Gasteiger charge is 2.34. The Morgan fingerprint density at radius 2 is 1.47 bits per heavy atom. The van der Waals surface area contributed by atoms with Gasteiger partial charge in [0.2, 0.25) is 0 Å². The fourth-order valence-electron chi connectivity index (χ4n) is 2.15. The number of esters is 1. The second-order valence-electron chi connectivity index (χ2n) is 5.32. The molecule has 0 aliphatic rings. The number of hydrogen-bond acceptors (Lipinski definition) is 3. The van der Waals surface area contributed by atoms with Crippen LogP contribution in [-0.2, 0) is 14.3 Å². The fraction of sp³-hybridized carbons (Fsp3) is 0.867. The molecule has 0 aliphatic carbocycles. The van der Waals surface area contributed by atoms with Crippen molar-refractivity contribution in [3.63, 3.8) is 0 Å². The lowest BCUT2D eigenvalue weighted by atomic mass is 9.84. The zero-order valence-electron chi connectivity index (χ0n) is 12.6. The van der Waals surface area contributed by atoms with Gasteiger partial charge in [-0.3, -0.25) is 9.59 Å². The van der Waals surface area contributed by atoms with Crippen molar-refractivity contribution in [2.75, 3.05) is 0 Å². The number of hydrogen-bond donors (Lipinski definition) is 1. The highest BCUT2D eigenvalue weighted by Crippen LogP contribution is 2.26. The summed E-state index contributed by atoms with van der Waals surface area (Å²) in [6.07, 6.45) is 4.52. The lowest BCUT2D eigenvalue weighted by Gasteiger charge is -2.23. The second-order valence-corrected chi connectivity index (χ2v) is 5.32. The van der Waals surface area contributed by atoms with Gasteiger partial charge < -0.3 is 9.84 Å². The van der Waals surface area contributed by atoms with Crippen LogP contribution in [0.25, 0.3) is 0 Å². The summed E-state index contributed by atoms with van der Waals surface area (Å²) in [5.74, 6) is -2.36. The minimum atomic E-state index is -0.879. The molecular formula is C15H28O4. The third-order valence-corrected chi connectivity index (χ3v) is 3.19. The Kier molecular flexibility index (Phi) is 9.27. The van der Waals surface area contributed by atoms with Crippen molar-refractivity contribution in [1.29, 1.82) is 0 Å². The normalized spacial score (nSPS) is 14.2. The largest absolute Gasteiger partial charge is 0.481 e. The number of carbonyl (C=O) groups excluding carboxylic acids is 1. The van der Waals surface area contributed by atoms with Crippen LogP contribution in [-0.4, -0.2) is 23.1 Å². The molecule has 0 aliphatic heterocycles. The van der Waals surface area contributed by atoms with E-state index in [-0.39, 0.29) is 12.1 Å². The van der Waals surface area contributed by atoms with Crippen LogP contribution in [0.3, 0.4) is 0 Å². The van der Waals surface area contributed by atoms with E-state index < -0.39 is 17.8 Å². The number of carbonyl (C=O) groups is 2. The summed E-state index contributed by atoms with van der Waals surface area (Å²) in [5, 5.41) is 9.34. The van der Waals surface area contributed by atoms with Crippen LogP contribution in [0.1, 0.15) is 66.2 Å². The molecule has 2 unspecified atom stereocenters. The van der Waals surface area contributed by atoms with Gasteiger partial charge in [0.25, 0.3) is 0 Å². The number of rotatable bonds is 10. The van der Waals surface area contributed by atoms with E-state index in [1.165, 1.54) is 0 Å². The summed E-state index contributed by atoms with van der Waals surface area (Å²) in [6.45, 7) is 7.63. The van der Waals surface area contributed by atoms with Crippen molar-refractivity contribution in [2.24, 2.45) is 11.8 Å². The highest BCUT2D eigenvalue weighted by atomic mass is 16.5. The molecule has 0 aromatic rings. The van der Waals surface area contributed by atoms with Crippen molar-refractivity contribution in [2.45, 2.75) is 72.3 Å². The maximum atomic E-state index is 12.1. The van der Waals surface area contributed by atoms with Crippen molar-refractivity contribution in [1.82, 2.24) is 0 Å². The van der Waals surface area contributed by atoms with E-state index in [0.29, 0.717) is 12.8 Å². The van der Waals surface area contributed by atoms with Gasteiger partial charge in [0.15, 0.2) is 0 Å². The number of unbranched alkanes of at least 4 members (excludes halogenated alkanes) is 2. The zero-order chi connectivity index (χ0) is 14.8. The molecule has 0 aromatic carbocycles. The van der Waals surface area contributed by atoms with Gasteiger partial charge in [0.1, 0.15) is 0 Å². The summed E-state index contributed by atoms with van der Waals surface area (Å²) in [6, 6.07) is 0. The number of ether oxygens (including phenoxy) is 1. The molecule has 19 heavy (non-hydrogen) atoms. The van der Waals surface area contributed by atoms with E-state index in [1.807, 2.05) is 13.8 Å². The van der Waals surface area contributed by atoms with Crippen molar-refractivity contribution in [3.8, 4) is 0 Å². The fourth-order valence-corrected chi connectivity index (χ4v) is 2.15. The summed E-state index contributed by atoms with van der Waals surface area (Å²) in [5.41, 5.74) is 0. The zero-order valence-corrected chi connectivity index (χ0v) is 12.6. The van der Waals surface area contributed by atoms with Crippen LogP contribution < -0.4 is 0 Å². The van der Waals surface area contributed by atoms with Gasteiger partial charge in [-0.15, -0.1) is 0 Å². The SMILES string of the molecule is CCCCC(C(=O)O)C(CCCC)C(=O)OC(C)C. The van der Waals surface area contributed by atoms with Gasteiger partial charge in [-0.1, -0.05) is 39.5 Å². The van der Waals surface area contributed by atoms with Crippen LogP contribution >= 0.6 is 0 Å². The van der Waals surface area contributed by atoms with Crippen molar-refractivity contribution >= 4 is 11.9 Å². The number of aliphatic carboxylic acids is 1. The highest BCUT2D eigenvalue weighted by molar-refractivity contribution is 5.81. The van der Waals surface area contributed by atoms with Crippen LogP contribution in [0, 0.1) is 11.8 Å². The molecule has 0 saturated heterocycles. The number of carboxylic acid groups (broad SMARTS) is 1. The Balaban J connectivity index is 4.83. The van der Waals surface area contributed by atoms with Crippen molar-refractivity contribution < 1.29 is 19.4 Å². The molecule has 0 radical (unpaired) electrons. The van der Waals surface area contributed by atoms with Gasteiger partial charge in [-0.25, -0.2) is 0 Å². The predicted octanol–water partition coefficient (Wildman–Crippen LogP) is 3.64. The number of carboxylic acids is 1. The quantitative estimate of drug-likeness (QED) is 0.617. The Bertz CT molecular complexity index is 273. The Hall–Kier alpha value is -1.06. The molecule has 1 N–H and O–H groups in total. The molecule has 112 valence electrons. The molecule has 0 spiro atoms. The third-order valence-electron chi connectivity index (χ3n) is 3.19. The summed E-state index contributed by atoms with van der Waals surface area (Å²) in [7, 11) is 0. The third kappa shape index (κ3) is 7.19. The molecule has 4 nitrogen and oxygen atoms in total. The van der Waals surface area contributed by atoms with Crippen LogP contribution in [0.5, 0.6) is 0 Å². The van der Waals surface area contributed by atoms with E-state index in [1.54, 1.807) is 13.8 Å². The van der Waals surface area contributed by atoms with Crippen LogP contribution in [0.2, 0.25) is 0 Å². The molecule has 2 atom stereocenters. The first-order chi connectivity index (χ1) is 8.93. The molecule has 0 heterocycles. The van der Waals surface area contributed by atoms with Gasteiger partial charge in [0, 0.05) is 0 Å². The van der Waals surface area contributed by atoms with Crippen molar-refractivity contribution in [3.05, 3.63) is 0 Å². The molecular weight excluding hydrogens is 244 g/mol. The van der Waals surface area contributed by atoms with Gasteiger partial charge in [-0.05, 0) is 26.7 Å². The average molecular weight is 272 g/mol. The standard InChI is InChI=1S/C15H28O4/c1-5-7-9-12(14(16)17)13(10-8-6-2)15(18)19-11(3)4/h11-13H,5-10H2,1-4H3,(H,16,17). The minimum absolute atomic E-state index is 0.197. The van der Waals surface area contributed by atoms with Crippen LogP contribution in [0.4, 0.5) is 0 Å². The van der Waals surface area contributed by atoms with Gasteiger partial charge >= 0.3 is 11.9 Å². The maximum Gasteiger partial charge on any atom is 0.310 e. The second kappa shape index (κ2) is 9.82. The Morgan fingerprint density at radius 3 is 1.84 bits per heavy atom. The molecule has 0 aromatic heterocycles. The predicted molar refractivity (Wildman–Crippen MR) is 74.9 cm³/mol. The van der Waals surface area contributed by atoms with E-state index in [2.05, 4.69) is 0 Å². The summed E-state index contributed by atoms with van der Waals surface area (Å²) in [4.78, 5) is 23.5. The minimum Gasteiger partial charge on any atom is -0.481 e. The Morgan fingerprint density at radius 1 is 1.00 bits per heavy atom. The molecule has 0 bridgehead atoms. The van der Waals surface area contributed by atoms with E-state index in [0.717, 1.165) is 25.7 Å². The monoisotopic (exact) mass is 272 g/mol. The van der Waals surface area contributed by atoms with E-state index in [4.69, 9.17) is 4.74 Å². The first-order valence-electron chi connectivity index (χ1n) is 7.37. The smallest absolute Gasteiger partial charge is 0.310 e. The lowest BCUT2D eigenvalue weighted by molar-refractivity contribution is -0.161.